The van der Waals surface area contributed by atoms with Crippen molar-refractivity contribution in [2.75, 3.05) is 11.9 Å². The lowest BCUT2D eigenvalue weighted by Gasteiger charge is -2.16. The number of fused-ring (bicyclic) bond motifs is 2. The average Bonchev–Trinajstić information content (AvgIpc) is 2.79. The topological polar surface area (TPSA) is 51.5 Å². The maximum absolute atomic E-state index is 5.91. The summed E-state index contributed by atoms with van der Waals surface area (Å²) in [6, 6.07) is 10.4. The van der Waals surface area contributed by atoms with E-state index in [1.54, 1.807) is 10.7 Å². The number of nitrogens with one attached hydrogen (secondary N) is 1. The lowest BCUT2D eigenvalue weighted by molar-refractivity contribution is 0.302. The molecule has 4 rings (SSSR count). The summed E-state index contributed by atoms with van der Waals surface area (Å²) in [5.41, 5.74) is 2.08. The van der Waals surface area contributed by atoms with Crippen molar-refractivity contribution in [2.24, 2.45) is 0 Å². The number of aromatic nitrogens is 3. The summed E-state index contributed by atoms with van der Waals surface area (Å²) < 4.78 is 8.55. The van der Waals surface area contributed by atoms with E-state index in [1.165, 1.54) is 5.56 Å². The second-order valence-corrected chi connectivity index (χ2v) is 6.23. The number of hydrogen-bond donors (Lipinski definition) is 1. The number of anilines is 1. The highest BCUT2D eigenvalue weighted by Gasteiger charge is 2.17. The maximum Gasteiger partial charge on any atom is 0.171 e. The van der Waals surface area contributed by atoms with E-state index >= 15 is 0 Å². The van der Waals surface area contributed by atoms with Gasteiger partial charge in [0, 0.05) is 6.20 Å². The Hall–Kier alpha value is -2.08. The van der Waals surface area contributed by atoms with E-state index in [1.807, 2.05) is 24.4 Å². The Morgan fingerprint density at radius 1 is 1.27 bits per heavy atom. The minimum absolute atomic E-state index is 0.240. The first-order valence-electron chi connectivity index (χ1n) is 7.27. The summed E-state index contributed by atoms with van der Waals surface area (Å²) in [6.45, 7) is 0.643. The highest BCUT2D eigenvalue weighted by molar-refractivity contribution is 9.10. The molecule has 1 aliphatic rings. The summed E-state index contributed by atoms with van der Waals surface area (Å²) in [6.07, 6.45) is 5.68. The molecule has 0 saturated carbocycles. The van der Waals surface area contributed by atoms with Gasteiger partial charge in [-0.2, -0.15) is 5.10 Å². The van der Waals surface area contributed by atoms with Gasteiger partial charge in [0.05, 0.1) is 16.7 Å². The minimum Gasteiger partial charge on any atom is -0.491 e. The Kier molecular flexibility index (Phi) is 3.46. The molecule has 1 aliphatic heterocycles. The first-order valence-corrected chi connectivity index (χ1v) is 8.06. The Morgan fingerprint density at radius 3 is 3.14 bits per heavy atom. The van der Waals surface area contributed by atoms with Crippen molar-refractivity contribution >= 4 is 27.4 Å². The van der Waals surface area contributed by atoms with Crippen molar-refractivity contribution in [2.45, 2.75) is 18.9 Å². The van der Waals surface area contributed by atoms with Gasteiger partial charge in [-0.15, -0.1) is 0 Å². The molecular weight excluding hydrogens is 344 g/mol. The van der Waals surface area contributed by atoms with Gasteiger partial charge in [0.2, 0.25) is 0 Å². The summed E-state index contributed by atoms with van der Waals surface area (Å²) in [5.74, 6) is 1.84. The molecule has 1 atom stereocenters. The molecule has 0 aliphatic carbocycles. The van der Waals surface area contributed by atoms with Gasteiger partial charge in [0.1, 0.15) is 18.2 Å². The molecule has 0 fully saturated rings. The highest BCUT2D eigenvalue weighted by atomic mass is 79.9. The third-order valence-corrected chi connectivity index (χ3v) is 4.41. The fourth-order valence-electron chi connectivity index (χ4n) is 2.70. The SMILES string of the molecule is Brc1cnn2ccc(NC3CCc4ccccc4OC3)nc12. The van der Waals surface area contributed by atoms with Crippen LogP contribution in [0.2, 0.25) is 0 Å². The van der Waals surface area contributed by atoms with Crippen LogP contribution in [0.5, 0.6) is 5.75 Å². The van der Waals surface area contributed by atoms with E-state index in [0.29, 0.717) is 6.61 Å². The van der Waals surface area contributed by atoms with E-state index in [4.69, 9.17) is 4.74 Å². The summed E-state index contributed by atoms with van der Waals surface area (Å²) in [5, 5.41) is 7.67. The van der Waals surface area contributed by atoms with Crippen LogP contribution in [0.4, 0.5) is 5.82 Å². The molecule has 22 heavy (non-hydrogen) atoms. The molecule has 1 unspecified atom stereocenters. The van der Waals surface area contributed by atoms with Gasteiger partial charge in [0.25, 0.3) is 0 Å². The molecule has 3 aromatic rings. The Morgan fingerprint density at radius 2 is 2.18 bits per heavy atom. The largest absolute Gasteiger partial charge is 0.491 e. The van der Waals surface area contributed by atoms with Crippen molar-refractivity contribution in [3.05, 3.63) is 52.8 Å². The zero-order chi connectivity index (χ0) is 14.9. The number of ether oxygens (including phenoxy) is 1. The lowest BCUT2D eigenvalue weighted by Crippen LogP contribution is -2.26. The fourth-order valence-corrected chi connectivity index (χ4v) is 3.06. The maximum atomic E-state index is 5.91. The van der Waals surface area contributed by atoms with Crippen molar-refractivity contribution in [1.29, 1.82) is 0 Å². The summed E-state index contributed by atoms with van der Waals surface area (Å²) in [4.78, 5) is 4.60. The molecule has 0 bridgehead atoms. The van der Waals surface area contributed by atoms with Crippen LogP contribution in [0.15, 0.2) is 47.2 Å². The molecule has 112 valence electrons. The predicted octanol–water partition coefficient (Wildman–Crippen LogP) is 3.30. The number of hydrogen-bond acceptors (Lipinski definition) is 4. The Balaban J connectivity index is 1.52. The third-order valence-electron chi connectivity index (χ3n) is 3.85. The molecule has 6 heteroatoms. The van der Waals surface area contributed by atoms with E-state index in [2.05, 4.69) is 43.5 Å². The number of rotatable bonds is 2. The minimum atomic E-state index is 0.240. The van der Waals surface area contributed by atoms with Crippen molar-refractivity contribution in [1.82, 2.24) is 14.6 Å². The first-order chi connectivity index (χ1) is 10.8. The van der Waals surface area contributed by atoms with Crippen molar-refractivity contribution in [3.8, 4) is 5.75 Å². The van der Waals surface area contributed by atoms with Crippen LogP contribution >= 0.6 is 15.9 Å². The Labute approximate surface area is 136 Å². The molecular formula is C16H15BrN4O. The average molecular weight is 359 g/mol. The number of benzene rings is 1. The van der Waals surface area contributed by atoms with Crippen LogP contribution in [0.1, 0.15) is 12.0 Å². The monoisotopic (exact) mass is 358 g/mol. The molecule has 0 radical (unpaired) electrons. The van der Waals surface area contributed by atoms with Gasteiger partial charge >= 0.3 is 0 Å². The number of nitrogens with zero attached hydrogens (tertiary/aromatic N) is 3. The smallest absolute Gasteiger partial charge is 0.171 e. The third kappa shape index (κ3) is 2.54. The van der Waals surface area contributed by atoms with E-state index in [-0.39, 0.29) is 6.04 Å². The standard InChI is InChI=1S/C16H15BrN4O/c17-13-9-18-21-8-7-15(20-16(13)21)19-12-6-5-11-3-1-2-4-14(11)22-10-12/h1-4,7-9,12H,5-6,10H2,(H,19,20). The van der Waals surface area contributed by atoms with Crippen LogP contribution in [0.3, 0.4) is 0 Å². The molecule has 3 heterocycles. The van der Waals surface area contributed by atoms with Crippen LogP contribution in [0, 0.1) is 0 Å². The van der Waals surface area contributed by atoms with Gasteiger partial charge in [-0.05, 0) is 46.5 Å². The number of halogens is 1. The normalized spacial score (nSPS) is 17.6. The quantitative estimate of drug-likeness (QED) is 0.763. The van der Waals surface area contributed by atoms with E-state index in [9.17, 15) is 0 Å². The van der Waals surface area contributed by atoms with Crippen LogP contribution in [-0.2, 0) is 6.42 Å². The van der Waals surface area contributed by atoms with Gasteiger partial charge in [0.15, 0.2) is 5.65 Å². The van der Waals surface area contributed by atoms with Gasteiger partial charge in [-0.1, -0.05) is 18.2 Å². The summed E-state index contributed by atoms with van der Waals surface area (Å²) in [7, 11) is 0. The first kappa shape index (κ1) is 13.6. The zero-order valence-electron chi connectivity index (χ0n) is 11.9. The summed E-state index contributed by atoms with van der Waals surface area (Å²) >= 11 is 3.46. The fraction of sp³-hybridized carbons (Fsp3) is 0.250. The van der Waals surface area contributed by atoms with Gasteiger partial charge in [-0.3, -0.25) is 0 Å². The molecule has 0 amide bonds. The number of aryl methyl sites for hydroxylation is 1. The highest BCUT2D eigenvalue weighted by Crippen LogP contribution is 2.25. The second kappa shape index (κ2) is 5.61. The zero-order valence-corrected chi connectivity index (χ0v) is 13.5. The van der Waals surface area contributed by atoms with Gasteiger partial charge < -0.3 is 10.1 Å². The van der Waals surface area contributed by atoms with Crippen molar-refractivity contribution < 1.29 is 4.74 Å². The number of para-hydroxylation sites is 1. The van der Waals surface area contributed by atoms with Crippen molar-refractivity contribution in [3.63, 3.8) is 0 Å². The van der Waals surface area contributed by atoms with Crippen LogP contribution < -0.4 is 10.1 Å². The predicted molar refractivity (Wildman–Crippen MR) is 88.4 cm³/mol. The lowest BCUT2D eigenvalue weighted by atomic mass is 10.1. The van der Waals surface area contributed by atoms with Crippen LogP contribution in [-0.4, -0.2) is 27.2 Å². The molecule has 5 nitrogen and oxygen atoms in total. The van der Waals surface area contributed by atoms with Gasteiger partial charge in [-0.25, -0.2) is 9.50 Å². The van der Waals surface area contributed by atoms with E-state index in [0.717, 1.165) is 34.5 Å². The molecule has 0 spiro atoms. The molecule has 0 saturated heterocycles. The molecule has 1 aromatic carbocycles. The molecule has 2 aromatic heterocycles. The van der Waals surface area contributed by atoms with E-state index < -0.39 is 0 Å². The molecule has 1 N–H and O–H groups in total. The Bertz CT molecular complexity index is 790. The van der Waals surface area contributed by atoms with Crippen LogP contribution in [0.25, 0.3) is 5.65 Å². The second-order valence-electron chi connectivity index (χ2n) is 5.37.